The van der Waals surface area contributed by atoms with Gasteiger partial charge in [-0.3, -0.25) is 0 Å². The van der Waals surface area contributed by atoms with Crippen LogP contribution in [0.3, 0.4) is 0 Å². The number of hydrogen-bond donors (Lipinski definition) is 1. The first kappa shape index (κ1) is 13.5. The lowest BCUT2D eigenvalue weighted by atomic mass is 10.1. The van der Waals surface area contributed by atoms with Crippen molar-refractivity contribution in [2.45, 2.75) is 65.0 Å². The summed E-state index contributed by atoms with van der Waals surface area (Å²) >= 11 is 0. The van der Waals surface area contributed by atoms with Gasteiger partial charge in [0.05, 0.1) is 11.9 Å². The number of aryl methyl sites for hydroxylation is 2. The Morgan fingerprint density at radius 3 is 2.89 bits per heavy atom. The van der Waals surface area contributed by atoms with E-state index < -0.39 is 0 Å². The average Bonchev–Trinajstić information content (AvgIpc) is 3.12. The maximum absolute atomic E-state index is 4.15. The number of aromatic nitrogens is 3. The highest BCUT2D eigenvalue weighted by Crippen LogP contribution is 2.34. The molecular weight excluding hydrogens is 224 g/mol. The van der Waals surface area contributed by atoms with E-state index in [4.69, 9.17) is 0 Å². The summed E-state index contributed by atoms with van der Waals surface area (Å²) in [4.78, 5) is 0. The van der Waals surface area contributed by atoms with Crippen molar-refractivity contribution in [1.29, 1.82) is 0 Å². The molecule has 1 aromatic heterocycles. The molecule has 1 aliphatic rings. The molecule has 2 rings (SSSR count). The second-order valence-electron chi connectivity index (χ2n) is 5.39. The van der Waals surface area contributed by atoms with E-state index in [-0.39, 0.29) is 0 Å². The fourth-order valence-corrected chi connectivity index (χ4v) is 2.51. The van der Waals surface area contributed by atoms with Gasteiger partial charge < -0.3 is 5.32 Å². The average molecular weight is 250 g/mol. The Balaban J connectivity index is 1.82. The summed E-state index contributed by atoms with van der Waals surface area (Å²) < 4.78 is 2.06. The fraction of sp³-hybridized carbons (Fsp3) is 0.857. The SMILES string of the molecule is CCCNC(CCc1cnnn1CCC)C1CC1. The van der Waals surface area contributed by atoms with Crippen LogP contribution < -0.4 is 5.32 Å². The van der Waals surface area contributed by atoms with Crippen LogP contribution in [0.2, 0.25) is 0 Å². The highest BCUT2D eigenvalue weighted by molar-refractivity contribution is 4.97. The Morgan fingerprint density at radius 2 is 2.22 bits per heavy atom. The van der Waals surface area contributed by atoms with Gasteiger partial charge in [-0.05, 0) is 51.0 Å². The Morgan fingerprint density at radius 1 is 1.39 bits per heavy atom. The summed E-state index contributed by atoms with van der Waals surface area (Å²) in [5.74, 6) is 0.923. The molecule has 18 heavy (non-hydrogen) atoms. The van der Waals surface area contributed by atoms with Crippen LogP contribution in [0.15, 0.2) is 6.20 Å². The Labute approximate surface area is 110 Å². The molecule has 1 aromatic rings. The molecule has 1 fully saturated rings. The monoisotopic (exact) mass is 250 g/mol. The van der Waals surface area contributed by atoms with E-state index in [0.717, 1.165) is 31.8 Å². The van der Waals surface area contributed by atoms with E-state index in [1.54, 1.807) is 0 Å². The van der Waals surface area contributed by atoms with Crippen molar-refractivity contribution in [1.82, 2.24) is 20.3 Å². The molecule has 1 atom stereocenters. The van der Waals surface area contributed by atoms with Gasteiger partial charge >= 0.3 is 0 Å². The second kappa shape index (κ2) is 6.88. The van der Waals surface area contributed by atoms with Crippen LogP contribution >= 0.6 is 0 Å². The highest BCUT2D eigenvalue weighted by Gasteiger charge is 2.30. The van der Waals surface area contributed by atoms with Gasteiger partial charge in [-0.1, -0.05) is 19.1 Å². The van der Waals surface area contributed by atoms with Crippen molar-refractivity contribution in [3.05, 3.63) is 11.9 Å². The smallest absolute Gasteiger partial charge is 0.0725 e. The molecule has 1 heterocycles. The quantitative estimate of drug-likeness (QED) is 0.732. The first-order valence-electron chi connectivity index (χ1n) is 7.45. The second-order valence-corrected chi connectivity index (χ2v) is 5.39. The van der Waals surface area contributed by atoms with Crippen molar-refractivity contribution < 1.29 is 0 Å². The topological polar surface area (TPSA) is 42.7 Å². The lowest BCUT2D eigenvalue weighted by Crippen LogP contribution is -2.32. The summed E-state index contributed by atoms with van der Waals surface area (Å²) in [6.45, 7) is 6.55. The third-order valence-electron chi connectivity index (χ3n) is 3.69. The molecule has 1 N–H and O–H groups in total. The predicted molar refractivity (Wildman–Crippen MR) is 73.4 cm³/mol. The van der Waals surface area contributed by atoms with Crippen LogP contribution in [0.25, 0.3) is 0 Å². The van der Waals surface area contributed by atoms with E-state index in [1.807, 2.05) is 6.20 Å². The zero-order chi connectivity index (χ0) is 12.8. The van der Waals surface area contributed by atoms with Gasteiger partial charge in [0.1, 0.15) is 0 Å². The van der Waals surface area contributed by atoms with E-state index >= 15 is 0 Å². The maximum atomic E-state index is 4.15. The molecular formula is C14H26N4. The molecule has 0 saturated heterocycles. The van der Waals surface area contributed by atoms with E-state index in [2.05, 4.69) is 34.2 Å². The molecule has 1 unspecified atom stereocenters. The number of nitrogens with one attached hydrogen (secondary N) is 1. The molecule has 0 bridgehead atoms. The van der Waals surface area contributed by atoms with E-state index in [0.29, 0.717) is 6.04 Å². The molecule has 102 valence electrons. The molecule has 0 aromatic carbocycles. The van der Waals surface area contributed by atoms with Crippen molar-refractivity contribution >= 4 is 0 Å². The van der Waals surface area contributed by atoms with Crippen LogP contribution in [-0.4, -0.2) is 27.6 Å². The number of rotatable bonds is 9. The van der Waals surface area contributed by atoms with Crippen LogP contribution in [0, 0.1) is 5.92 Å². The van der Waals surface area contributed by atoms with Crippen molar-refractivity contribution in [2.24, 2.45) is 5.92 Å². The molecule has 1 saturated carbocycles. The highest BCUT2D eigenvalue weighted by atomic mass is 15.4. The summed E-state index contributed by atoms with van der Waals surface area (Å²) in [6.07, 6.45) is 9.42. The Kier molecular flexibility index (Phi) is 5.17. The first-order chi connectivity index (χ1) is 8.85. The van der Waals surface area contributed by atoms with Gasteiger partial charge in [-0.15, -0.1) is 5.10 Å². The largest absolute Gasteiger partial charge is 0.314 e. The van der Waals surface area contributed by atoms with Crippen LogP contribution in [0.5, 0.6) is 0 Å². The predicted octanol–water partition coefficient (Wildman–Crippen LogP) is 2.40. The zero-order valence-electron chi connectivity index (χ0n) is 11.7. The lowest BCUT2D eigenvalue weighted by molar-refractivity contribution is 0.428. The summed E-state index contributed by atoms with van der Waals surface area (Å²) in [7, 11) is 0. The standard InChI is InChI=1S/C14H26N4/c1-3-9-15-14(12-5-6-12)8-7-13-11-16-17-18(13)10-4-2/h11-12,14-15H,3-10H2,1-2H3. The molecule has 0 amide bonds. The summed E-state index contributed by atoms with van der Waals surface area (Å²) in [5, 5.41) is 11.9. The van der Waals surface area contributed by atoms with Crippen molar-refractivity contribution in [3.8, 4) is 0 Å². The van der Waals surface area contributed by atoms with E-state index in [1.165, 1.54) is 31.4 Å². The maximum Gasteiger partial charge on any atom is 0.0725 e. The summed E-state index contributed by atoms with van der Waals surface area (Å²) in [6, 6.07) is 0.704. The number of nitrogens with zero attached hydrogens (tertiary/aromatic N) is 3. The third kappa shape index (κ3) is 3.80. The molecule has 0 spiro atoms. The Hall–Kier alpha value is -0.900. The molecule has 1 aliphatic carbocycles. The van der Waals surface area contributed by atoms with Crippen molar-refractivity contribution in [3.63, 3.8) is 0 Å². The van der Waals surface area contributed by atoms with Gasteiger partial charge in [-0.2, -0.15) is 0 Å². The molecule has 4 heteroatoms. The minimum Gasteiger partial charge on any atom is -0.314 e. The fourth-order valence-electron chi connectivity index (χ4n) is 2.51. The minimum absolute atomic E-state index is 0.704. The molecule has 0 aliphatic heterocycles. The normalized spacial score (nSPS) is 17.0. The molecule has 0 radical (unpaired) electrons. The lowest BCUT2D eigenvalue weighted by Gasteiger charge is -2.17. The summed E-state index contributed by atoms with van der Waals surface area (Å²) in [5.41, 5.74) is 1.29. The first-order valence-corrected chi connectivity index (χ1v) is 7.45. The Bertz CT molecular complexity index is 343. The van der Waals surface area contributed by atoms with Gasteiger partial charge in [0.2, 0.25) is 0 Å². The van der Waals surface area contributed by atoms with Gasteiger partial charge in [-0.25, -0.2) is 4.68 Å². The van der Waals surface area contributed by atoms with Crippen LogP contribution in [0.1, 0.15) is 51.6 Å². The van der Waals surface area contributed by atoms with Gasteiger partial charge in [0.25, 0.3) is 0 Å². The van der Waals surface area contributed by atoms with Crippen molar-refractivity contribution in [2.75, 3.05) is 6.54 Å². The van der Waals surface area contributed by atoms with Crippen LogP contribution in [-0.2, 0) is 13.0 Å². The molecule has 4 nitrogen and oxygen atoms in total. The minimum atomic E-state index is 0.704. The zero-order valence-corrected chi connectivity index (χ0v) is 11.7. The van der Waals surface area contributed by atoms with Gasteiger partial charge in [0, 0.05) is 12.6 Å². The van der Waals surface area contributed by atoms with Gasteiger partial charge in [0.15, 0.2) is 0 Å². The van der Waals surface area contributed by atoms with E-state index in [9.17, 15) is 0 Å². The number of hydrogen-bond acceptors (Lipinski definition) is 3. The van der Waals surface area contributed by atoms with Crippen LogP contribution in [0.4, 0.5) is 0 Å². The third-order valence-corrected chi connectivity index (χ3v) is 3.69.